The molecular weight excluding hydrogens is 718 g/mol. The van der Waals surface area contributed by atoms with Gasteiger partial charge in [-0.25, -0.2) is 14.5 Å². The number of hydrogen-bond donors (Lipinski definition) is 4. The molecule has 296 valence electrons. The summed E-state index contributed by atoms with van der Waals surface area (Å²) in [6.07, 6.45) is 0.404. The summed E-state index contributed by atoms with van der Waals surface area (Å²) in [5.41, 5.74) is 1.63. The average Bonchev–Trinajstić information content (AvgIpc) is 3.48. The van der Waals surface area contributed by atoms with E-state index in [-0.39, 0.29) is 67.8 Å². The quantitative estimate of drug-likeness (QED) is 0.133. The molecule has 4 rings (SSSR count). The van der Waals surface area contributed by atoms with Crippen molar-refractivity contribution in [2.24, 2.45) is 5.92 Å². The van der Waals surface area contributed by atoms with Gasteiger partial charge in [0, 0.05) is 31.0 Å². The smallest absolute Gasteiger partial charge is 0.416 e. The molecule has 4 atom stereocenters. The van der Waals surface area contributed by atoms with Crippen molar-refractivity contribution in [1.82, 2.24) is 10.6 Å². The van der Waals surface area contributed by atoms with Crippen molar-refractivity contribution in [3.05, 3.63) is 66.8 Å². The maximum absolute atomic E-state index is 14.6. The van der Waals surface area contributed by atoms with Gasteiger partial charge >= 0.3 is 18.2 Å². The van der Waals surface area contributed by atoms with Crippen molar-refractivity contribution in [3.63, 3.8) is 0 Å². The molecule has 2 unspecified atom stereocenters. The lowest BCUT2D eigenvalue weighted by Gasteiger charge is -2.34. The number of anilines is 3. The zero-order valence-corrected chi connectivity index (χ0v) is 31.4. The zero-order valence-electron chi connectivity index (χ0n) is 31.4. The Balaban J connectivity index is 1.65. The van der Waals surface area contributed by atoms with Crippen LogP contribution in [0.3, 0.4) is 0 Å². The Labute approximate surface area is 318 Å². The van der Waals surface area contributed by atoms with Crippen LogP contribution in [0.1, 0.15) is 49.5 Å². The second-order valence-electron chi connectivity index (χ2n) is 13.0. The number of carbonyl (C=O) groups excluding carboxylic acids is 5. The Morgan fingerprint density at radius 2 is 1.65 bits per heavy atom. The lowest BCUT2D eigenvalue weighted by Crippen LogP contribution is -2.53. The van der Waals surface area contributed by atoms with Crippen LogP contribution >= 0.6 is 0 Å². The number of hydrogen-bond acceptors (Lipinski definition) is 11. The number of carbonyl (C=O) groups is 6. The molecule has 0 fully saturated rings. The van der Waals surface area contributed by atoms with E-state index in [9.17, 15) is 28.8 Å². The van der Waals surface area contributed by atoms with E-state index in [2.05, 4.69) is 29.1 Å². The number of nitrogens with one attached hydrogen (secondary N) is 3. The van der Waals surface area contributed by atoms with Crippen LogP contribution in [0.25, 0.3) is 0 Å². The van der Waals surface area contributed by atoms with Crippen molar-refractivity contribution in [2.45, 2.75) is 64.4 Å². The molecule has 2 aliphatic rings. The number of ether oxygens (including phenoxy) is 5. The van der Waals surface area contributed by atoms with Crippen LogP contribution in [0.15, 0.2) is 55.6 Å². The van der Waals surface area contributed by atoms with Crippen molar-refractivity contribution in [3.8, 4) is 11.5 Å². The van der Waals surface area contributed by atoms with Crippen LogP contribution in [-0.4, -0.2) is 99.4 Å². The topological polar surface area (TPSA) is 211 Å². The minimum atomic E-state index is -1.08. The van der Waals surface area contributed by atoms with Gasteiger partial charge in [0.1, 0.15) is 25.3 Å². The fraction of sp³-hybridized carbons (Fsp3) is 0.421. The molecule has 0 spiro atoms. The molecule has 17 nitrogen and oxygen atoms in total. The lowest BCUT2D eigenvalue weighted by molar-refractivity contribution is -0.137. The first kappa shape index (κ1) is 41.7. The molecule has 0 aliphatic carbocycles. The number of aliphatic carboxylic acids is 1. The number of amides is 5. The second-order valence-corrected chi connectivity index (χ2v) is 13.0. The van der Waals surface area contributed by atoms with Gasteiger partial charge in [0.25, 0.3) is 5.91 Å². The Morgan fingerprint density at radius 3 is 2.29 bits per heavy atom. The zero-order chi connectivity index (χ0) is 40.4. The molecule has 17 heteroatoms. The van der Waals surface area contributed by atoms with E-state index >= 15 is 0 Å². The highest BCUT2D eigenvalue weighted by atomic mass is 16.6. The van der Waals surface area contributed by atoms with Gasteiger partial charge in [-0.05, 0) is 49.4 Å². The predicted molar refractivity (Wildman–Crippen MR) is 200 cm³/mol. The van der Waals surface area contributed by atoms with Gasteiger partial charge in [-0.3, -0.25) is 24.1 Å². The summed E-state index contributed by atoms with van der Waals surface area (Å²) in [6.45, 7) is 11.9. The molecule has 2 aliphatic heterocycles. The third-order valence-corrected chi connectivity index (χ3v) is 8.81. The first-order chi connectivity index (χ1) is 26.3. The average molecular weight is 766 g/mol. The molecule has 0 radical (unpaired) electrons. The van der Waals surface area contributed by atoms with Gasteiger partial charge in [0.05, 0.1) is 31.0 Å². The first-order valence-electron chi connectivity index (χ1n) is 17.5. The molecule has 0 saturated heterocycles. The summed E-state index contributed by atoms with van der Waals surface area (Å²) in [7, 11) is 2.78. The number of carboxylic acid groups (broad SMARTS) is 1. The Bertz CT molecular complexity index is 1810. The number of fused-ring (bicyclic) bond motifs is 4. The lowest BCUT2D eigenvalue weighted by atomic mass is 10.0. The number of methoxy groups -OCH3 is 2. The summed E-state index contributed by atoms with van der Waals surface area (Å²) in [6, 6.07) is 5.11. The van der Waals surface area contributed by atoms with E-state index in [0.717, 1.165) is 5.56 Å². The first-order valence-corrected chi connectivity index (χ1v) is 17.5. The highest BCUT2D eigenvalue weighted by Crippen LogP contribution is 2.45. The van der Waals surface area contributed by atoms with E-state index in [1.807, 2.05) is 0 Å². The summed E-state index contributed by atoms with van der Waals surface area (Å²) in [4.78, 5) is 80.6. The number of benzene rings is 2. The van der Waals surface area contributed by atoms with E-state index in [1.54, 1.807) is 32.0 Å². The number of nitrogens with zero attached hydrogens (tertiary/aromatic N) is 2. The molecule has 2 heterocycles. The predicted octanol–water partition coefficient (Wildman–Crippen LogP) is 4.01. The van der Waals surface area contributed by atoms with E-state index in [0.29, 0.717) is 11.4 Å². The van der Waals surface area contributed by atoms with Crippen LogP contribution in [-0.2, 0) is 35.0 Å². The fourth-order valence-electron chi connectivity index (χ4n) is 6.18. The largest absolute Gasteiger partial charge is 0.493 e. The summed E-state index contributed by atoms with van der Waals surface area (Å²) < 4.78 is 27.7. The highest BCUT2D eigenvalue weighted by Gasteiger charge is 2.48. The van der Waals surface area contributed by atoms with E-state index in [1.165, 1.54) is 55.2 Å². The molecule has 55 heavy (non-hydrogen) atoms. The SMILES string of the molecule is C=CCOC(=O)NC(C(=O)NC(C)C(=O)Nc1ccc2c(c1)N1C(=O)c3cc(OC)c(OCCCC(=O)O)cc3N(C(=O)OCC=C)[C@@H](OC)[C@@H]1C2)C(C)C. The molecule has 4 N–H and O–H groups in total. The minimum absolute atomic E-state index is 0.0167. The highest BCUT2D eigenvalue weighted by molar-refractivity contribution is 6.15. The van der Waals surface area contributed by atoms with Gasteiger partial charge in [-0.1, -0.05) is 45.2 Å². The van der Waals surface area contributed by atoms with Crippen LogP contribution in [0, 0.1) is 5.92 Å². The van der Waals surface area contributed by atoms with E-state index < -0.39 is 60.2 Å². The maximum atomic E-state index is 14.6. The van der Waals surface area contributed by atoms with Crippen LogP contribution in [0.4, 0.5) is 26.7 Å². The monoisotopic (exact) mass is 765 g/mol. The third kappa shape index (κ3) is 9.72. The Morgan fingerprint density at radius 1 is 0.945 bits per heavy atom. The van der Waals surface area contributed by atoms with Crippen LogP contribution < -0.4 is 35.2 Å². The maximum Gasteiger partial charge on any atom is 0.416 e. The Hall–Kier alpha value is -6.10. The molecule has 0 saturated carbocycles. The van der Waals surface area contributed by atoms with Gasteiger partial charge < -0.3 is 44.7 Å². The second kappa shape index (κ2) is 18.8. The van der Waals surface area contributed by atoms with Crippen molar-refractivity contribution in [2.75, 3.05) is 49.2 Å². The normalized spacial score (nSPS) is 16.7. The number of carboxylic acids is 1. The molecule has 0 aromatic heterocycles. The van der Waals surface area contributed by atoms with Crippen molar-refractivity contribution in [1.29, 1.82) is 0 Å². The molecular formula is C38H47N5O12. The van der Waals surface area contributed by atoms with Crippen LogP contribution in [0.5, 0.6) is 11.5 Å². The van der Waals surface area contributed by atoms with Gasteiger partial charge in [0.15, 0.2) is 17.7 Å². The molecule has 2 aromatic carbocycles. The van der Waals surface area contributed by atoms with Gasteiger partial charge in [-0.15, -0.1) is 0 Å². The summed E-state index contributed by atoms with van der Waals surface area (Å²) >= 11 is 0. The third-order valence-electron chi connectivity index (χ3n) is 8.81. The van der Waals surface area contributed by atoms with E-state index in [4.69, 9.17) is 28.8 Å². The van der Waals surface area contributed by atoms with Crippen molar-refractivity contribution >= 4 is 52.9 Å². The fourth-order valence-corrected chi connectivity index (χ4v) is 6.18. The van der Waals surface area contributed by atoms with Crippen LogP contribution in [0.2, 0.25) is 0 Å². The summed E-state index contributed by atoms with van der Waals surface area (Å²) in [5, 5.41) is 16.9. The minimum Gasteiger partial charge on any atom is -0.493 e. The number of alkyl carbamates (subject to hydrolysis) is 1. The molecule has 5 amide bonds. The number of rotatable bonds is 17. The summed E-state index contributed by atoms with van der Waals surface area (Å²) in [5.74, 6) is -2.67. The van der Waals surface area contributed by atoms with Crippen molar-refractivity contribution < 1.29 is 57.6 Å². The molecule has 0 bridgehead atoms. The van der Waals surface area contributed by atoms with Gasteiger partial charge in [-0.2, -0.15) is 0 Å². The molecule has 2 aromatic rings. The Kier molecular flexibility index (Phi) is 14.2. The van der Waals surface area contributed by atoms with Gasteiger partial charge in [0.2, 0.25) is 11.8 Å². The standard InChI is InChI=1S/C38H47N5O12/c1-8-14-54-37(49)41-32(21(3)4)34(47)39-22(5)33(46)40-24-13-12-23-17-28-36(52-7)43(38(50)55-15-9-2)27-20-30(53-16-10-11-31(44)45)29(51-6)19-25(27)35(48)42(28)26(23)18-24/h8-9,12-13,18-22,28,32,36H,1-2,10-11,14-17H2,3-7H3,(H,39,47)(H,40,46)(H,41,49)(H,44,45)/t22?,28-,32?,36-/m0/s1.